The molecule has 1 aliphatic carbocycles. The van der Waals surface area contributed by atoms with Crippen molar-refractivity contribution in [3.05, 3.63) is 17.8 Å². The molecule has 3 N–H and O–H groups in total. The molecule has 1 heterocycles. The van der Waals surface area contributed by atoms with Crippen molar-refractivity contribution >= 4 is 11.7 Å². The molecule has 0 bridgehead atoms. The zero-order valence-electron chi connectivity index (χ0n) is 9.89. The molecule has 2 rings (SSSR count). The molecule has 0 radical (unpaired) electrons. The normalized spacial score (nSPS) is 15.2. The molecular weight excluding hydrogens is 218 g/mol. The maximum Gasteiger partial charge on any atom is 0.274 e. The Morgan fingerprint density at radius 3 is 2.76 bits per heavy atom. The van der Waals surface area contributed by atoms with E-state index in [0.29, 0.717) is 17.4 Å². The summed E-state index contributed by atoms with van der Waals surface area (Å²) in [4.78, 5) is 13.7. The van der Waals surface area contributed by atoms with E-state index in [-0.39, 0.29) is 5.91 Å². The van der Waals surface area contributed by atoms with Crippen LogP contribution in [0.4, 0.5) is 5.82 Å². The smallest absolute Gasteiger partial charge is 0.274 e. The van der Waals surface area contributed by atoms with E-state index in [4.69, 9.17) is 5.84 Å². The SMILES string of the molecule is CN(CC1CCC1)C(=O)c1ccc(NN)nn1. The maximum atomic E-state index is 12.0. The second-order valence-electron chi connectivity index (χ2n) is 4.43. The Bertz CT molecular complexity index is 387. The van der Waals surface area contributed by atoms with Crippen molar-refractivity contribution in [1.82, 2.24) is 15.1 Å². The second-order valence-corrected chi connectivity index (χ2v) is 4.43. The monoisotopic (exact) mass is 235 g/mol. The van der Waals surface area contributed by atoms with E-state index in [1.54, 1.807) is 24.1 Å². The van der Waals surface area contributed by atoms with E-state index < -0.39 is 0 Å². The molecule has 0 aliphatic heterocycles. The highest BCUT2D eigenvalue weighted by Crippen LogP contribution is 2.26. The fourth-order valence-corrected chi connectivity index (χ4v) is 1.86. The van der Waals surface area contributed by atoms with Gasteiger partial charge in [0.2, 0.25) is 0 Å². The van der Waals surface area contributed by atoms with E-state index in [0.717, 1.165) is 6.54 Å². The summed E-state index contributed by atoms with van der Waals surface area (Å²) in [7, 11) is 1.80. The number of nitrogens with one attached hydrogen (secondary N) is 1. The maximum absolute atomic E-state index is 12.0. The highest BCUT2D eigenvalue weighted by atomic mass is 16.2. The summed E-state index contributed by atoms with van der Waals surface area (Å²) in [6.45, 7) is 0.803. The fourth-order valence-electron chi connectivity index (χ4n) is 1.86. The van der Waals surface area contributed by atoms with E-state index in [1.807, 2.05) is 0 Å². The van der Waals surface area contributed by atoms with E-state index >= 15 is 0 Å². The number of aromatic nitrogens is 2. The van der Waals surface area contributed by atoms with E-state index in [1.165, 1.54) is 19.3 Å². The van der Waals surface area contributed by atoms with Crippen LogP contribution in [0.3, 0.4) is 0 Å². The summed E-state index contributed by atoms with van der Waals surface area (Å²) < 4.78 is 0. The molecular formula is C11H17N5O. The molecule has 0 unspecified atom stereocenters. The topological polar surface area (TPSA) is 84.1 Å². The Kier molecular flexibility index (Phi) is 3.53. The Hall–Kier alpha value is -1.69. The number of amides is 1. The summed E-state index contributed by atoms with van der Waals surface area (Å²) in [5.41, 5.74) is 2.73. The summed E-state index contributed by atoms with van der Waals surface area (Å²) in [6.07, 6.45) is 3.72. The zero-order chi connectivity index (χ0) is 12.3. The van der Waals surface area contributed by atoms with Crippen LogP contribution in [0.5, 0.6) is 0 Å². The Morgan fingerprint density at radius 1 is 1.53 bits per heavy atom. The standard InChI is InChI=1S/C11H17N5O/c1-16(7-8-3-2-4-8)11(17)9-5-6-10(13-12)15-14-9/h5-6,8H,2-4,7,12H2,1H3,(H,13,15). The van der Waals surface area contributed by atoms with Gasteiger partial charge in [-0.3, -0.25) is 4.79 Å². The van der Waals surface area contributed by atoms with Crippen LogP contribution in [0.15, 0.2) is 12.1 Å². The molecule has 1 aromatic heterocycles. The van der Waals surface area contributed by atoms with Gasteiger partial charge in [-0.25, -0.2) is 5.84 Å². The number of nitrogens with two attached hydrogens (primary N) is 1. The van der Waals surface area contributed by atoms with Gasteiger partial charge < -0.3 is 10.3 Å². The lowest BCUT2D eigenvalue weighted by Gasteiger charge is -2.29. The first kappa shape index (κ1) is 11.8. The first-order valence-corrected chi connectivity index (χ1v) is 5.76. The molecule has 1 fully saturated rings. The number of nitrogen functional groups attached to an aromatic ring is 1. The van der Waals surface area contributed by atoms with Crippen molar-refractivity contribution in [2.45, 2.75) is 19.3 Å². The predicted octanol–water partition coefficient (Wildman–Crippen LogP) is 0.634. The van der Waals surface area contributed by atoms with Gasteiger partial charge in [0, 0.05) is 13.6 Å². The van der Waals surface area contributed by atoms with Crippen LogP contribution in [-0.4, -0.2) is 34.6 Å². The molecule has 1 saturated carbocycles. The zero-order valence-corrected chi connectivity index (χ0v) is 9.89. The van der Waals surface area contributed by atoms with Crippen LogP contribution in [0.25, 0.3) is 0 Å². The van der Waals surface area contributed by atoms with E-state index in [2.05, 4.69) is 15.6 Å². The highest BCUT2D eigenvalue weighted by Gasteiger charge is 2.22. The average molecular weight is 235 g/mol. The molecule has 0 saturated heterocycles. The minimum Gasteiger partial charge on any atom is -0.340 e. The number of rotatable bonds is 4. The molecule has 92 valence electrons. The van der Waals surface area contributed by atoms with Crippen molar-refractivity contribution in [3.8, 4) is 0 Å². The lowest BCUT2D eigenvalue weighted by atomic mass is 9.85. The minimum atomic E-state index is -0.0898. The first-order valence-electron chi connectivity index (χ1n) is 5.76. The van der Waals surface area contributed by atoms with Gasteiger partial charge in [0.25, 0.3) is 5.91 Å². The number of carbonyl (C=O) groups excluding carboxylic acids is 1. The van der Waals surface area contributed by atoms with Gasteiger partial charge >= 0.3 is 0 Å². The number of hydrogen-bond donors (Lipinski definition) is 2. The number of carbonyl (C=O) groups is 1. The fraction of sp³-hybridized carbons (Fsp3) is 0.545. The van der Waals surface area contributed by atoms with Crippen LogP contribution in [0.2, 0.25) is 0 Å². The minimum absolute atomic E-state index is 0.0898. The molecule has 1 aliphatic rings. The Morgan fingerprint density at radius 2 is 2.29 bits per heavy atom. The van der Waals surface area contributed by atoms with Crippen molar-refractivity contribution in [2.24, 2.45) is 11.8 Å². The van der Waals surface area contributed by atoms with E-state index in [9.17, 15) is 4.79 Å². The first-order chi connectivity index (χ1) is 8.20. The van der Waals surface area contributed by atoms with Crippen molar-refractivity contribution < 1.29 is 4.79 Å². The molecule has 6 nitrogen and oxygen atoms in total. The number of nitrogens with zero attached hydrogens (tertiary/aromatic N) is 3. The molecule has 0 spiro atoms. The average Bonchev–Trinajstić information content (AvgIpc) is 2.32. The van der Waals surface area contributed by atoms with Crippen molar-refractivity contribution in [3.63, 3.8) is 0 Å². The van der Waals surface area contributed by atoms with Crippen molar-refractivity contribution in [2.75, 3.05) is 19.0 Å². The summed E-state index contributed by atoms with van der Waals surface area (Å²) in [5, 5.41) is 7.62. The Balaban J connectivity index is 1.96. The number of anilines is 1. The third-order valence-electron chi connectivity index (χ3n) is 3.14. The molecule has 0 aromatic carbocycles. The third-order valence-corrected chi connectivity index (χ3v) is 3.14. The summed E-state index contributed by atoms with van der Waals surface area (Å²) >= 11 is 0. The number of hydrogen-bond acceptors (Lipinski definition) is 5. The lowest BCUT2D eigenvalue weighted by molar-refractivity contribution is 0.0738. The molecule has 0 atom stereocenters. The van der Waals surface area contributed by atoms with Gasteiger partial charge in [0.05, 0.1) is 0 Å². The van der Waals surface area contributed by atoms with Gasteiger partial charge in [-0.2, -0.15) is 0 Å². The molecule has 6 heteroatoms. The summed E-state index contributed by atoms with van der Waals surface area (Å²) in [6, 6.07) is 3.26. The second kappa shape index (κ2) is 5.09. The van der Waals surface area contributed by atoms with Crippen LogP contribution in [-0.2, 0) is 0 Å². The predicted molar refractivity (Wildman–Crippen MR) is 64.1 cm³/mol. The van der Waals surface area contributed by atoms with Crippen molar-refractivity contribution in [1.29, 1.82) is 0 Å². The molecule has 1 aromatic rings. The van der Waals surface area contributed by atoms with Crippen LogP contribution in [0, 0.1) is 5.92 Å². The van der Waals surface area contributed by atoms with Crippen LogP contribution in [0.1, 0.15) is 29.8 Å². The number of hydrazine groups is 1. The van der Waals surface area contributed by atoms with Crippen LogP contribution < -0.4 is 11.3 Å². The third kappa shape index (κ3) is 2.71. The Labute approximate surface area is 100 Å². The molecule has 1 amide bonds. The van der Waals surface area contributed by atoms with Gasteiger partial charge in [0.15, 0.2) is 11.5 Å². The van der Waals surface area contributed by atoms with Gasteiger partial charge in [0.1, 0.15) is 0 Å². The largest absolute Gasteiger partial charge is 0.340 e. The van der Waals surface area contributed by atoms with Gasteiger partial charge in [-0.15, -0.1) is 10.2 Å². The lowest BCUT2D eigenvalue weighted by Crippen LogP contribution is -2.34. The molecule has 17 heavy (non-hydrogen) atoms. The van der Waals surface area contributed by atoms with Gasteiger partial charge in [-0.05, 0) is 30.9 Å². The van der Waals surface area contributed by atoms with Gasteiger partial charge in [-0.1, -0.05) is 6.42 Å². The highest BCUT2D eigenvalue weighted by molar-refractivity contribution is 5.92. The quantitative estimate of drug-likeness (QED) is 0.591. The van der Waals surface area contributed by atoms with Crippen LogP contribution >= 0.6 is 0 Å². The summed E-state index contributed by atoms with van der Waals surface area (Å²) in [5.74, 6) is 6.19.